The first-order chi connectivity index (χ1) is 46.5. The summed E-state index contributed by atoms with van der Waals surface area (Å²) in [5, 5.41) is 50.1. The Labute approximate surface area is 567 Å². The van der Waals surface area contributed by atoms with E-state index in [2.05, 4.69) is 73.8 Å². The number of rotatable bonds is 47. The van der Waals surface area contributed by atoms with Crippen LogP contribution in [0.3, 0.4) is 0 Å². The number of nitrogens with one attached hydrogen (secondary N) is 12. The van der Waals surface area contributed by atoms with Gasteiger partial charge in [0.05, 0.1) is 38.4 Å². The number of aliphatic hydroxyl groups excluding tert-OH is 2. The largest absolute Gasteiger partial charge is 0.394 e. The summed E-state index contributed by atoms with van der Waals surface area (Å²) in [6.07, 6.45) is 0.241. The number of benzene rings is 2. The highest BCUT2D eigenvalue weighted by Crippen LogP contribution is 2.10. The van der Waals surface area contributed by atoms with Gasteiger partial charge in [0.25, 0.3) is 0 Å². The normalized spacial score (nSPS) is 14.2. The van der Waals surface area contributed by atoms with Gasteiger partial charge in [-0.05, 0) is 116 Å². The zero-order valence-electron chi connectivity index (χ0n) is 55.5. The Hall–Kier alpha value is -10.1. The Bertz CT molecular complexity index is 2990. The van der Waals surface area contributed by atoms with Crippen LogP contribution in [0.2, 0.25) is 0 Å². The van der Waals surface area contributed by atoms with E-state index in [9.17, 15) is 72.5 Å². The van der Waals surface area contributed by atoms with E-state index in [-0.39, 0.29) is 89.3 Å². The van der Waals surface area contributed by atoms with Gasteiger partial charge in [-0.1, -0.05) is 60.7 Å². The predicted octanol–water partition coefficient (Wildman–Crippen LogP) is -9.23. The standard InChI is InChI=1S/C61H100N22O15/c1-34(75-47(87)32-74-59(98)49(36(3)85)83-57(96)44(29-38-18-8-5-9-19-38)77-48(88)31-72-46(86)30-73-53(92)39(64)28-37-16-6-4-7-17-37)51(90)79-43(23-15-27-71-61(68)69)55(94)81-41(21-11-13-25-63)56(95)82-45(33-84)58(97)76-35(2)52(91)80-42(22-14-26-70-60(66)67)54(93)78-40(50(65)89)20-10-12-24-62/h4-9,16-19,34-36,39-45,49,84-85H,10-15,20-33,62-64H2,1-3H3,(H2,65,89)(H,72,86)(H,73,92)(H,74,98)(H,75,87)(H,76,97)(H,77,88)(H,78,93)(H,79,90)(H,80,91)(H,81,94)(H,82,95)(H,83,96)(H4,66,67,70)(H4,68,69,71)/t34-,35+,36+,39-,40-,41-,42-,43-,44-,45-,49-/m0/s1. The van der Waals surface area contributed by atoms with Crippen LogP contribution in [0.1, 0.15) is 96.1 Å². The number of carbonyl (C=O) groups is 13. The Morgan fingerprint density at radius 3 is 1.27 bits per heavy atom. The fourth-order valence-corrected chi connectivity index (χ4v) is 9.17. The van der Waals surface area contributed by atoms with Gasteiger partial charge in [0, 0.05) is 19.5 Å². The zero-order chi connectivity index (χ0) is 73.3. The summed E-state index contributed by atoms with van der Waals surface area (Å²) >= 11 is 0. The lowest BCUT2D eigenvalue weighted by Gasteiger charge is -2.26. The molecule has 0 spiro atoms. The van der Waals surface area contributed by atoms with Crippen LogP contribution in [-0.4, -0.2) is 218 Å². The Kier molecular flexibility index (Phi) is 39.5. The van der Waals surface area contributed by atoms with Gasteiger partial charge in [-0.2, -0.15) is 0 Å². The molecule has 98 heavy (non-hydrogen) atoms. The average molecular weight is 1380 g/mol. The van der Waals surface area contributed by atoms with Crippen molar-refractivity contribution in [2.24, 2.45) is 55.9 Å². The van der Waals surface area contributed by atoms with Gasteiger partial charge in [0.2, 0.25) is 76.8 Å². The van der Waals surface area contributed by atoms with E-state index in [1.54, 1.807) is 60.7 Å². The molecule has 544 valence electrons. The van der Waals surface area contributed by atoms with Crippen LogP contribution in [0.15, 0.2) is 70.6 Å². The molecule has 30 N–H and O–H groups in total. The molecule has 0 aliphatic rings. The second kappa shape index (κ2) is 46.1. The van der Waals surface area contributed by atoms with Crippen LogP contribution in [0.4, 0.5) is 0 Å². The van der Waals surface area contributed by atoms with Gasteiger partial charge in [-0.25, -0.2) is 0 Å². The lowest BCUT2D eigenvalue weighted by molar-refractivity contribution is -0.136. The first-order valence-corrected chi connectivity index (χ1v) is 32.0. The second-order valence-corrected chi connectivity index (χ2v) is 22.9. The number of hydrogen-bond donors (Lipinski definition) is 22. The molecule has 13 amide bonds. The lowest BCUT2D eigenvalue weighted by atomic mass is 10.0. The van der Waals surface area contributed by atoms with Crippen LogP contribution >= 0.6 is 0 Å². The second-order valence-electron chi connectivity index (χ2n) is 22.9. The highest BCUT2D eigenvalue weighted by Gasteiger charge is 2.34. The van der Waals surface area contributed by atoms with Crippen LogP contribution < -0.4 is 110 Å². The van der Waals surface area contributed by atoms with Crippen molar-refractivity contribution in [3.05, 3.63) is 71.8 Å². The summed E-state index contributed by atoms with van der Waals surface area (Å²) < 4.78 is 0. The van der Waals surface area contributed by atoms with E-state index in [4.69, 9.17) is 45.9 Å². The first-order valence-electron chi connectivity index (χ1n) is 32.0. The van der Waals surface area contributed by atoms with Gasteiger partial charge in [-0.3, -0.25) is 72.3 Å². The molecule has 0 bridgehead atoms. The third kappa shape index (κ3) is 34.0. The molecular formula is C61H100N22O15. The number of hydrogen-bond acceptors (Lipinski definition) is 20. The Morgan fingerprint density at radius 1 is 0.408 bits per heavy atom. The molecule has 2 aromatic carbocycles. The van der Waals surface area contributed by atoms with Crippen molar-refractivity contribution in [2.45, 2.75) is 164 Å². The molecule has 0 fully saturated rings. The number of amides is 13. The van der Waals surface area contributed by atoms with Crippen LogP contribution in [0.5, 0.6) is 0 Å². The van der Waals surface area contributed by atoms with Gasteiger partial charge in [0.1, 0.15) is 54.4 Å². The van der Waals surface area contributed by atoms with Crippen molar-refractivity contribution in [1.82, 2.24) is 63.8 Å². The third-order valence-corrected chi connectivity index (χ3v) is 14.6. The van der Waals surface area contributed by atoms with Crippen molar-refractivity contribution in [3.63, 3.8) is 0 Å². The molecule has 0 heterocycles. The van der Waals surface area contributed by atoms with E-state index in [0.29, 0.717) is 31.4 Å². The predicted molar refractivity (Wildman–Crippen MR) is 360 cm³/mol. The molecule has 2 rings (SSSR count). The van der Waals surface area contributed by atoms with Gasteiger partial charge in [0.15, 0.2) is 11.9 Å². The molecule has 0 saturated carbocycles. The summed E-state index contributed by atoms with van der Waals surface area (Å²) in [5.74, 6) is -12.1. The van der Waals surface area contributed by atoms with Gasteiger partial charge >= 0.3 is 0 Å². The van der Waals surface area contributed by atoms with Crippen molar-refractivity contribution in [2.75, 3.05) is 52.4 Å². The van der Waals surface area contributed by atoms with E-state index < -0.39 is 170 Å². The van der Waals surface area contributed by atoms with Crippen LogP contribution in [0.25, 0.3) is 0 Å². The molecular weight excluding hydrogens is 1280 g/mol. The number of nitrogens with two attached hydrogens (primary N) is 8. The molecule has 0 unspecified atom stereocenters. The Morgan fingerprint density at radius 2 is 0.796 bits per heavy atom. The van der Waals surface area contributed by atoms with E-state index >= 15 is 0 Å². The topological polar surface area (TPSA) is 640 Å². The quantitative estimate of drug-likeness (QED) is 0.0166. The van der Waals surface area contributed by atoms with Crippen molar-refractivity contribution in [1.29, 1.82) is 0 Å². The summed E-state index contributed by atoms with van der Waals surface area (Å²) in [6, 6.07) is 3.43. The third-order valence-electron chi connectivity index (χ3n) is 14.6. The van der Waals surface area contributed by atoms with E-state index in [1.807, 2.05) is 0 Å². The molecule has 11 atom stereocenters. The maximum Gasteiger partial charge on any atom is 0.245 e. The van der Waals surface area contributed by atoms with Crippen LogP contribution in [-0.2, 0) is 75.2 Å². The number of unbranched alkanes of at least 4 members (excludes halogenated alkanes) is 2. The van der Waals surface area contributed by atoms with Crippen LogP contribution in [0, 0.1) is 0 Å². The smallest absolute Gasteiger partial charge is 0.245 e. The number of nitrogens with zero attached hydrogens (tertiary/aromatic N) is 2. The Balaban J connectivity index is 2.18. The van der Waals surface area contributed by atoms with E-state index in [0.717, 1.165) is 5.56 Å². The summed E-state index contributed by atoms with van der Waals surface area (Å²) in [6.45, 7) is 1.22. The maximum atomic E-state index is 14.1. The molecule has 0 radical (unpaired) electrons. The summed E-state index contributed by atoms with van der Waals surface area (Å²) in [7, 11) is 0. The highest BCUT2D eigenvalue weighted by molar-refractivity contribution is 5.99. The maximum absolute atomic E-state index is 14.1. The minimum atomic E-state index is -1.73. The lowest BCUT2D eigenvalue weighted by Crippen LogP contribution is -2.60. The number of guanidine groups is 2. The fraction of sp³-hybridized carbons (Fsp3) is 0.557. The first kappa shape index (κ1) is 84.0. The molecule has 0 saturated heterocycles. The fourth-order valence-electron chi connectivity index (χ4n) is 9.17. The van der Waals surface area contributed by atoms with E-state index in [1.165, 1.54) is 20.8 Å². The number of carbonyl (C=O) groups excluding carboxylic acids is 13. The monoisotopic (exact) mass is 1380 g/mol. The summed E-state index contributed by atoms with van der Waals surface area (Å²) in [5.41, 5.74) is 46.0. The highest BCUT2D eigenvalue weighted by atomic mass is 16.3. The van der Waals surface area contributed by atoms with Crippen molar-refractivity contribution < 1.29 is 72.5 Å². The number of aliphatic imine (C=N–C) groups is 2. The molecule has 0 aliphatic carbocycles. The van der Waals surface area contributed by atoms with Crippen molar-refractivity contribution in [3.8, 4) is 0 Å². The molecule has 37 heteroatoms. The number of aliphatic hydroxyl groups is 2. The van der Waals surface area contributed by atoms with Gasteiger partial charge < -0.3 is 120 Å². The molecule has 2 aromatic rings. The SMILES string of the molecule is C[C@H](NC(=O)CNC(=O)[C@@H](NC(=O)[C@H](Cc1ccccc1)NC(=O)CNC(=O)CNC(=O)[C@@H](N)Cc1ccccc1)[C@@H](C)O)C(=O)N[C@@H](CCCN=C(N)N)C(=O)N[C@@H](CCCCN)C(=O)N[C@@H](CO)C(=O)N[C@H](C)C(=O)N[C@@H](CCCN=C(N)N)C(=O)N[C@@H](CCCCN)C(N)=O. The average Bonchev–Trinajstić information content (AvgIpc) is 0.887. The van der Waals surface area contributed by atoms with Crippen molar-refractivity contribution >= 4 is 88.7 Å². The minimum Gasteiger partial charge on any atom is -0.394 e. The zero-order valence-corrected chi connectivity index (χ0v) is 55.5. The van der Waals surface area contributed by atoms with Gasteiger partial charge in [-0.15, -0.1) is 0 Å². The molecule has 0 aromatic heterocycles. The minimum absolute atomic E-state index is 0.0249. The molecule has 37 nitrogen and oxygen atoms in total. The number of primary amides is 1. The molecule has 0 aliphatic heterocycles. The summed E-state index contributed by atoms with van der Waals surface area (Å²) in [4.78, 5) is 181.